The number of carbonyl (C=O) groups is 2. The lowest BCUT2D eigenvalue weighted by Gasteiger charge is -2.19. The van der Waals surface area contributed by atoms with Gasteiger partial charge in [0, 0.05) is 16.6 Å². The number of para-hydroxylation sites is 1. The monoisotopic (exact) mass is 375 g/mol. The molecule has 0 bridgehead atoms. The molecular formula is C23H21NO4. The zero-order chi connectivity index (χ0) is 19.5. The second-order valence-electron chi connectivity index (χ2n) is 6.87. The van der Waals surface area contributed by atoms with Crippen LogP contribution in [0.25, 0.3) is 10.9 Å². The Kier molecular flexibility index (Phi) is 5.06. The summed E-state index contributed by atoms with van der Waals surface area (Å²) < 4.78 is 10.6. The predicted molar refractivity (Wildman–Crippen MR) is 106 cm³/mol. The van der Waals surface area contributed by atoms with Gasteiger partial charge in [-0.2, -0.15) is 0 Å². The van der Waals surface area contributed by atoms with Crippen LogP contribution in [-0.4, -0.2) is 30.5 Å². The Labute approximate surface area is 163 Å². The van der Waals surface area contributed by atoms with E-state index in [0.717, 1.165) is 47.8 Å². The molecule has 0 N–H and O–H groups in total. The van der Waals surface area contributed by atoms with Gasteiger partial charge in [-0.3, -0.25) is 9.78 Å². The van der Waals surface area contributed by atoms with Gasteiger partial charge in [0.1, 0.15) is 5.75 Å². The number of hydrogen-bond acceptors (Lipinski definition) is 5. The third-order valence-corrected chi connectivity index (χ3v) is 5.10. The fraction of sp³-hybridized carbons (Fsp3) is 0.261. The summed E-state index contributed by atoms with van der Waals surface area (Å²) in [7, 11) is 1.54. The minimum Gasteiger partial charge on any atom is -0.497 e. The van der Waals surface area contributed by atoms with E-state index in [4.69, 9.17) is 14.5 Å². The van der Waals surface area contributed by atoms with Gasteiger partial charge < -0.3 is 9.47 Å². The molecule has 28 heavy (non-hydrogen) atoms. The molecule has 1 heterocycles. The van der Waals surface area contributed by atoms with Gasteiger partial charge in [0.05, 0.1) is 18.2 Å². The first-order valence-corrected chi connectivity index (χ1v) is 9.42. The summed E-state index contributed by atoms with van der Waals surface area (Å²) in [5, 5.41) is 0.780. The molecule has 0 amide bonds. The van der Waals surface area contributed by atoms with E-state index in [1.807, 2.05) is 24.3 Å². The van der Waals surface area contributed by atoms with Crippen LogP contribution in [0.15, 0.2) is 48.5 Å². The van der Waals surface area contributed by atoms with Crippen LogP contribution in [0.2, 0.25) is 0 Å². The number of ether oxygens (including phenoxy) is 2. The van der Waals surface area contributed by atoms with Crippen LogP contribution in [0.5, 0.6) is 5.75 Å². The molecule has 1 aliphatic rings. The quantitative estimate of drug-likeness (QED) is 0.495. The topological polar surface area (TPSA) is 65.5 Å². The highest BCUT2D eigenvalue weighted by molar-refractivity contribution is 6.06. The van der Waals surface area contributed by atoms with Crippen LogP contribution in [0.4, 0.5) is 0 Å². The van der Waals surface area contributed by atoms with Crippen LogP contribution in [-0.2, 0) is 17.6 Å². The van der Waals surface area contributed by atoms with Crippen molar-refractivity contribution < 1.29 is 19.1 Å². The van der Waals surface area contributed by atoms with Gasteiger partial charge >= 0.3 is 5.97 Å². The second-order valence-corrected chi connectivity index (χ2v) is 6.87. The van der Waals surface area contributed by atoms with E-state index in [1.54, 1.807) is 31.4 Å². The number of methoxy groups -OCH3 is 1. The van der Waals surface area contributed by atoms with Crippen LogP contribution < -0.4 is 4.74 Å². The number of hydrogen-bond donors (Lipinski definition) is 0. The van der Waals surface area contributed by atoms with Crippen molar-refractivity contribution in [3.8, 4) is 5.75 Å². The average Bonchev–Trinajstić information content (AvgIpc) is 2.75. The number of ketones is 1. The van der Waals surface area contributed by atoms with E-state index in [-0.39, 0.29) is 12.4 Å². The number of fused-ring (bicyclic) bond motifs is 2. The summed E-state index contributed by atoms with van der Waals surface area (Å²) in [6.07, 6.45) is 3.77. The van der Waals surface area contributed by atoms with E-state index in [2.05, 4.69) is 0 Å². The Morgan fingerprint density at radius 3 is 2.71 bits per heavy atom. The number of nitrogens with zero attached hydrogens (tertiary/aromatic N) is 1. The zero-order valence-corrected chi connectivity index (χ0v) is 15.7. The molecule has 1 aliphatic carbocycles. The Morgan fingerprint density at radius 2 is 1.86 bits per heavy atom. The van der Waals surface area contributed by atoms with E-state index in [1.165, 1.54) is 0 Å². The molecule has 5 heteroatoms. The molecule has 4 rings (SSSR count). The fourth-order valence-corrected chi connectivity index (χ4v) is 3.69. The zero-order valence-electron chi connectivity index (χ0n) is 15.7. The molecule has 0 radical (unpaired) electrons. The van der Waals surface area contributed by atoms with Gasteiger partial charge in [-0.25, -0.2) is 4.79 Å². The number of rotatable bonds is 5. The van der Waals surface area contributed by atoms with Gasteiger partial charge in [0.2, 0.25) is 0 Å². The summed E-state index contributed by atoms with van der Waals surface area (Å²) >= 11 is 0. The summed E-state index contributed by atoms with van der Waals surface area (Å²) in [4.78, 5) is 30.2. The third kappa shape index (κ3) is 3.48. The van der Waals surface area contributed by atoms with E-state index < -0.39 is 5.97 Å². The second kappa shape index (κ2) is 7.80. The molecule has 0 spiro atoms. The standard InChI is InChI=1S/C23H21NO4/c1-27-16-8-6-7-15(13-16)21(25)14-28-23(26)22-17-9-2-4-11-19(17)24-20-12-5-3-10-18(20)22/h2,4,6-9,11,13H,3,5,10,12,14H2,1H3. The average molecular weight is 375 g/mol. The lowest BCUT2D eigenvalue weighted by Crippen LogP contribution is -2.18. The summed E-state index contributed by atoms with van der Waals surface area (Å²) in [5.74, 6) is -0.140. The van der Waals surface area contributed by atoms with Crippen molar-refractivity contribution >= 4 is 22.7 Å². The van der Waals surface area contributed by atoms with Crippen molar-refractivity contribution in [1.29, 1.82) is 0 Å². The highest BCUT2D eigenvalue weighted by Crippen LogP contribution is 2.29. The molecule has 3 aromatic rings. The Bertz CT molecular complexity index is 1060. The Balaban J connectivity index is 1.61. The van der Waals surface area contributed by atoms with Crippen molar-refractivity contribution in [1.82, 2.24) is 4.98 Å². The summed E-state index contributed by atoms with van der Waals surface area (Å²) in [6, 6.07) is 14.4. The predicted octanol–water partition coefficient (Wildman–Crippen LogP) is 4.16. The van der Waals surface area contributed by atoms with Crippen LogP contribution in [0.1, 0.15) is 44.8 Å². The maximum Gasteiger partial charge on any atom is 0.339 e. The van der Waals surface area contributed by atoms with Crippen molar-refractivity contribution in [3.63, 3.8) is 0 Å². The highest BCUT2D eigenvalue weighted by atomic mass is 16.5. The number of Topliss-reactive ketones (excluding diaryl/α,β-unsaturated/α-hetero) is 1. The Hall–Kier alpha value is -3.21. The minimum absolute atomic E-state index is 0.264. The van der Waals surface area contributed by atoms with Gasteiger partial charge in [-0.05, 0) is 49.4 Å². The molecule has 0 saturated heterocycles. The van der Waals surface area contributed by atoms with Gasteiger partial charge in [-0.1, -0.05) is 30.3 Å². The number of carbonyl (C=O) groups excluding carboxylic acids is 2. The molecular weight excluding hydrogens is 354 g/mol. The van der Waals surface area contributed by atoms with Crippen molar-refractivity contribution in [2.24, 2.45) is 0 Å². The van der Waals surface area contributed by atoms with Gasteiger partial charge in [0.25, 0.3) is 0 Å². The van der Waals surface area contributed by atoms with Crippen molar-refractivity contribution in [2.45, 2.75) is 25.7 Å². The summed E-state index contributed by atoms with van der Waals surface area (Å²) in [5.41, 5.74) is 3.72. The van der Waals surface area contributed by atoms with E-state index in [9.17, 15) is 9.59 Å². The van der Waals surface area contributed by atoms with Gasteiger partial charge in [-0.15, -0.1) is 0 Å². The maximum atomic E-state index is 13.0. The lowest BCUT2D eigenvalue weighted by atomic mass is 9.90. The highest BCUT2D eigenvalue weighted by Gasteiger charge is 2.24. The van der Waals surface area contributed by atoms with Crippen molar-refractivity contribution in [3.05, 3.63) is 70.9 Å². The van der Waals surface area contributed by atoms with Crippen LogP contribution >= 0.6 is 0 Å². The first-order chi connectivity index (χ1) is 13.7. The number of aryl methyl sites for hydroxylation is 1. The van der Waals surface area contributed by atoms with E-state index >= 15 is 0 Å². The molecule has 0 fully saturated rings. The number of esters is 1. The largest absolute Gasteiger partial charge is 0.497 e. The van der Waals surface area contributed by atoms with Crippen LogP contribution in [0.3, 0.4) is 0 Å². The van der Waals surface area contributed by atoms with Crippen LogP contribution in [0, 0.1) is 0 Å². The molecule has 0 saturated carbocycles. The first kappa shape index (κ1) is 18.2. The lowest BCUT2D eigenvalue weighted by molar-refractivity contribution is 0.0475. The summed E-state index contributed by atoms with van der Waals surface area (Å²) in [6.45, 7) is -0.308. The molecule has 2 aromatic carbocycles. The van der Waals surface area contributed by atoms with Gasteiger partial charge in [0.15, 0.2) is 12.4 Å². The molecule has 142 valence electrons. The SMILES string of the molecule is COc1cccc(C(=O)COC(=O)c2c3c(nc4ccccc24)CCCC3)c1. The number of benzene rings is 2. The Morgan fingerprint density at radius 1 is 1.04 bits per heavy atom. The normalized spacial score (nSPS) is 13.0. The number of aromatic nitrogens is 1. The van der Waals surface area contributed by atoms with E-state index in [0.29, 0.717) is 16.9 Å². The fourth-order valence-electron chi connectivity index (χ4n) is 3.69. The first-order valence-electron chi connectivity index (χ1n) is 9.42. The van der Waals surface area contributed by atoms with Crippen molar-refractivity contribution in [2.75, 3.05) is 13.7 Å². The molecule has 1 aromatic heterocycles. The smallest absolute Gasteiger partial charge is 0.339 e. The molecule has 0 atom stereocenters. The maximum absolute atomic E-state index is 13.0. The minimum atomic E-state index is -0.465. The molecule has 0 aliphatic heterocycles. The molecule has 0 unspecified atom stereocenters. The molecule has 5 nitrogen and oxygen atoms in total. The number of pyridine rings is 1. The third-order valence-electron chi connectivity index (χ3n) is 5.10.